The third-order valence-corrected chi connectivity index (χ3v) is 3.97. The Hall–Kier alpha value is -2.02. The third-order valence-electron chi connectivity index (χ3n) is 2.86. The molecule has 1 aromatic rings. The number of rotatable bonds is 7. The van der Waals surface area contributed by atoms with E-state index in [1.165, 1.54) is 18.7 Å². The van der Waals surface area contributed by atoms with Crippen molar-refractivity contribution in [3.05, 3.63) is 24.3 Å². The Kier molecular flexibility index (Phi) is 6.91. The SMILES string of the molecule is CC(=O)Nc1ccc(SC(C)C(=O)NCC(C)C(=O)O)cc1. The van der Waals surface area contributed by atoms with Crippen LogP contribution in [0.3, 0.4) is 0 Å². The van der Waals surface area contributed by atoms with E-state index in [1.807, 2.05) is 12.1 Å². The second kappa shape index (κ2) is 8.43. The maximum absolute atomic E-state index is 11.9. The normalized spacial score (nSPS) is 13.0. The van der Waals surface area contributed by atoms with Crippen LogP contribution in [-0.4, -0.2) is 34.7 Å². The smallest absolute Gasteiger partial charge is 0.308 e. The number of aliphatic carboxylic acids is 1. The van der Waals surface area contributed by atoms with E-state index < -0.39 is 11.9 Å². The van der Waals surface area contributed by atoms with Gasteiger partial charge >= 0.3 is 5.97 Å². The first kappa shape index (κ1) is 18.0. The highest BCUT2D eigenvalue weighted by atomic mass is 32.2. The second-order valence-corrected chi connectivity index (χ2v) is 6.36. The van der Waals surface area contributed by atoms with Crippen LogP contribution in [0.15, 0.2) is 29.2 Å². The van der Waals surface area contributed by atoms with Gasteiger partial charge in [0.1, 0.15) is 0 Å². The van der Waals surface area contributed by atoms with Crippen molar-refractivity contribution in [2.45, 2.75) is 30.9 Å². The molecule has 1 aromatic carbocycles. The molecule has 2 amide bonds. The molecule has 2 atom stereocenters. The molecule has 0 fully saturated rings. The summed E-state index contributed by atoms with van der Waals surface area (Å²) in [5, 5.41) is 13.7. The largest absolute Gasteiger partial charge is 0.481 e. The van der Waals surface area contributed by atoms with Crippen molar-refractivity contribution in [1.82, 2.24) is 5.32 Å². The van der Waals surface area contributed by atoms with Gasteiger partial charge in [-0.05, 0) is 31.2 Å². The topological polar surface area (TPSA) is 95.5 Å². The molecule has 1 rings (SSSR count). The highest BCUT2D eigenvalue weighted by Crippen LogP contribution is 2.24. The molecule has 7 heteroatoms. The Bertz CT molecular complexity index is 545. The Morgan fingerprint density at radius 2 is 1.77 bits per heavy atom. The predicted octanol–water partition coefficient (Wildman–Crippen LogP) is 1.96. The first-order chi connectivity index (χ1) is 10.3. The average molecular weight is 324 g/mol. The molecule has 0 aromatic heterocycles. The number of hydrogen-bond acceptors (Lipinski definition) is 4. The van der Waals surface area contributed by atoms with Crippen LogP contribution in [0.25, 0.3) is 0 Å². The number of anilines is 1. The Morgan fingerprint density at radius 3 is 2.27 bits per heavy atom. The lowest BCUT2D eigenvalue weighted by Crippen LogP contribution is -2.36. The lowest BCUT2D eigenvalue weighted by atomic mass is 10.2. The van der Waals surface area contributed by atoms with Gasteiger partial charge in [-0.25, -0.2) is 0 Å². The summed E-state index contributed by atoms with van der Waals surface area (Å²) < 4.78 is 0. The van der Waals surface area contributed by atoms with Gasteiger partial charge in [0.15, 0.2) is 0 Å². The van der Waals surface area contributed by atoms with Gasteiger partial charge in [0.05, 0.1) is 11.2 Å². The monoisotopic (exact) mass is 324 g/mol. The van der Waals surface area contributed by atoms with E-state index in [-0.39, 0.29) is 23.6 Å². The maximum Gasteiger partial charge on any atom is 0.308 e. The fourth-order valence-corrected chi connectivity index (χ4v) is 2.45. The van der Waals surface area contributed by atoms with Crippen molar-refractivity contribution < 1.29 is 19.5 Å². The lowest BCUT2D eigenvalue weighted by Gasteiger charge is -2.13. The fraction of sp³-hybridized carbons (Fsp3) is 0.400. The molecule has 22 heavy (non-hydrogen) atoms. The Morgan fingerprint density at radius 1 is 1.18 bits per heavy atom. The van der Waals surface area contributed by atoms with Crippen LogP contribution in [0.4, 0.5) is 5.69 Å². The molecule has 0 aliphatic heterocycles. The second-order valence-electron chi connectivity index (χ2n) is 4.95. The van der Waals surface area contributed by atoms with E-state index in [9.17, 15) is 14.4 Å². The van der Waals surface area contributed by atoms with Crippen LogP contribution < -0.4 is 10.6 Å². The van der Waals surface area contributed by atoms with Gasteiger partial charge in [0, 0.05) is 24.1 Å². The van der Waals surface area contributed by atoms with Crippen molar-refractivity contribution in [2.24, 2.45) is 5.92 Å². The molecule has 0 aliphatic carbocycles. The quantitative estimate of drug-likeness (QED) is 0.666. The number of carboxylic acids is 1. The highest BCUT2D eigenvalue weighted by molar-refractivity contribution is 8.00. The van der Waals surface area contributed by atoms with Gasteiger partial charge < -0.3 is 15.7 Å². The summed E-state index contributed by atoms with van der Waals surface area (Å²) in [6, 6.07) is 7.17. The summed E-state index contributed by atoms with van der Waals surface area (Å²) in [7, 11) is 0. The van der Waals surface area contributed by atoms with Gasteiger partial charge in [-0.2, -0.15) is 0 Å². The number of carboxylic acid groups (broad SMARTS) is 1. The first-order valence-electron chi connectivity index (χ1n) is 6.84. The summed E-state index contributed by atoms with van der Waals surface area (Å²) in [5.41, 5.74) is 0.698. The molecule has 0 saturated carbocycles. The van der Waals surface area contributed by atoms with Gasteiger partial charge in [-0.15, -0.1) is 11.8 Å². The third kappa shape index (κ3) is 6.17. The van der Waals surface area contributed by atoms with Crippen molar-refractivity contribution in [3.8, 4) is 0 Å². The molecule has 3 N–H and O–H groups in total. The Labute approximate surface area is 133 Å². The van der Waals surface area contributed by atoms with Crippen molar-refractivity contribution >= 4 is 35.2 Å². The fourth-order valence-electron chi connectivity index (χ4n) is 1.56. The van der Waals surface area contributed by atoms with Crippen LogP contribution in [-0.2, 0) is 14.4 Å². The zero-order valence-electron chi connectivity index (χ0n) is 12.8. The molecule has 120 valence electrons. The van der Waals surface area contributed by atoms with E-state index in [0.717, 1.165) is 4.90 Å². The minimum Gasteiger partial charge on any atom is -0.481 e. The van der Waals surface area contributed by atoms with E-state index in [4.69, 9.17) is 5.11 Å². The van der Waals surface area contributed by atoms with Gasteiger partial charge in [0.2, 0.25) is 11.8 Å². The molecule has 0 bridgehead atoms. The number of carbonyl (C=O) groups is 3. The highest BCUT2D eigenvalue weighted by Gasteiger charge is 2.17. The summed E-state index contributed by atoms with van der Waals surface area (Å²) in [6.07, 6.45) is 0. The van der Waals surface area contributed by atoms with E-state index in [0.29, 0.717) is 5.69 Å². The number of hydrogen-bond donors (Lipinski definition) is 3. The molecule has 0 aliphatic rings. The minimum absolute atomic E-state index is 0.112. The molecule has 0 spiro atoms. The molecule has 2 unspecified atom stereocenters. The maximum atomic E-state index is 11.9. The number of nitrogens with one attached hydrogen (secondary N) is 2. The molecule has 0 saturated heterocycles. The van der Waals surface area contributed by atoms with Gasteiger partial charge in [0.25, 0.3) is 0 Å². The first-order valence-corrected chi connectivity index (χ1v) is 7.72. The summed E-state index contributed by atoms with van der Waals surface area (Å²) in [4.78, 5) is 34.4. The average Bonchev–Trinajstić information content (AvgIpc) is 2.45. The van der Waals surface area contributed by atoms with Crippen LogP contribution in [0.1, 0.15) is 20.8 Å². The standard InChI is InChI=1S/C15H20N2O4S/c1-9(15(20)21)8-16-14(19)10(2)22-13-6-4-12(5-7-13)17-11(3)18/h4-7,9-10H,8H2,1-3H3,(H,16,19)(H,17,18)(H,20,21). The van der Waals surface area contributed by atoms with Crippen molar-refractivity contribution in [3.63, 3.8) is 0 Å². The molecular weight excluding hydrogens is 304 g/mol. The molecular formula is C15H20N2O4S. The van der Waals surface area contributed by atoms with E-state index in [2.05, 4.69) is 10.6 Å². The van der Waals surface area contributed by atoms with Gasteiger partial charge in [-0.3, -0.25) is 14.4 Å². The zero-order valence-corrected chi connectivity index (χ0v) is 13.6. The van der Waals surface area contributed by atoms with Crippen LogP contribution in [0.2, 0.25) is 0 Å². The van der Waals surface area contributed by atoms with Crippen molar-refractivity contribution in [2.75, 3.05) is 11.9 Å². The number of amides is 2. The molecule has 0 radical (unpaired) electrons. The number of thioether (sulfide) groups is 1. The minimum atomic E-state index is -0.936. The summed E-state index contributed by atoms with van der Waals surface area (Å²) in [6.45, 7) is 4.85. The van der Waals surface area contributed by atoms with Crippen LogP contribution in [0, 0.1) is 5.92 Å². The number of carbonyl (C=O) groups excluding carboxylic acids is 2. The molecule has 0 heterocycles. The van der Waals surface area contributed by atoms with Gasteiger partial charge in [-0.1, -0.05) is 6.92 Å². The Balaban J connectivity index is 2.49. The van der Waals surface area contributed by atoms with Crippen LogP contribution in [0.5, 0.6) is 0 Å². The summed E-state index contributed by atoms with van der Waals surface area (Å²) >= 11 is 1.37. The summed E-state index contributed by atoms with van der Waals surface area (Å²) in [5.74, 6) is -1.89. The number of benzene rings is 1. The zero-order chi connectivity index (χ0) is 16.7. The van der Waals surface area contributed by atoms with Crippen molar-refractivity contribution in [1.29, 1.82) is 0 Å². The lowest BCUT2D eigenvalue weighted by molar-refractivity contribution is -0.141. The predicted molar refractivity (Wildman–Crippen MR) is 85.9 cm³/mol. The van der Waals surface area contributed by atoms with E-state index in [1.54, 1.807) is 26.0 Å². The van der Waals surface area contributed by atoms with Crippen LogP contribution >= 0.6 is 11.8 Å². The van der Waals surface area contributed by atoms with E-state index >= 15 is 0 Å². The molecule has 6 nitrogen and oxygen atoms in total.